The van der Waals surface area contributed by atoms with Crippen molar-refractivity contribution < 1.29 is 14.3 Å². The lowest BCUT2D eigenvalue weighted by Gasteiger charge is -2.24. The zero-order valence-corrected chi connectivity index (χ0v) is 23.6. The number of carbonyl (C=O) groups is 1. The van der Waals surface area contributed by atoms with Crippen LogP contribution in [0.5, 0.6) is 11.5 Å². The van der Waals surface area contributed by atoms with Gasteiger partial charge >= 0.3 is 5.97 Å². The number of imidazole rings is 1. The summed E-state index contributed by atoms with van der Waals surface area (Å²) in [6.07, 6.45) is 11.4. The van der Waals surface area contributed by atoms with Crippen molar-refractivity contribution in [3.63, 3.8) is 0 Å². The highest BCUT2D eigenvalue weighted by atomic mass is 79.9. The molecule has 0 aliphatic heterocycles. The van der Waals surface area contributed by atoms with Crippen LogP contribution in [0.3, 0.4) is 0 Å². The highest BCUT2D eigenvalue weighted by molar-refractivity contribution is 9.10. The van der Waals surface area contributed by atoms with Crippen LogP contribution in [-0.2, 0) is 6.42 Å². The predicted molar refractivity (Wildman–Crippen MR) is 155 cm³/mol. The molecule has 0 unspecified atom stereocenters. The molecule has 7 heteroatoms. The lowest BCUT2D eigenvalue weighted by Crippen LogP contribution is -2.23. The Morgan fingerprint density at radius 1 is 1.05 bits per heavy atom. The Balaban J connectivity index is 1.42. The number of methoxy groups -OCH3 is 1. The summed E-state index contributed by atoms with van der Waals surface area (Å²) >= 11 is 3.60. The standard InChI is InChI=1S/C31H34BrN3O3/c1-3-4-8-21-11-13-22(14-12-21)31(36)38-26-17-15-23(19-27(26)37-2)29-30(33-25-9-6-5-7-10-25)35-20-24(32)16-18-28(35)34-29/h11-20,25,33H,3-10H2,1-2H3. The van der Waals surface area contributed by atoms with E-state index in [9.17, 15) is 4.79 Å². The molecule has 0 atom stereocenters. The second-order valence-corrected chi connectivity index (χ2v) is 10.8. The van der Waals surface area contributed by atoms with E-state index in [0.717, 1.165) is 59.3 Å². The average molecular weight is 577 g/mol. The minimum Gasteiger partial charge on any atom is -0.493 e. The van der Waals surface area contributed by atoms with Gasteiger partial charge in [0.25, 0.3) is 0 Å². The van der Waals surface area contributed by atoms with E-state index in [1.807, 2.05) is 54.7 Å². The Morgan fingerprint density at radius 2 is 1.84 bits per heavy atom. The van der Waals surface area contributed by atoms with Crippen LogP contribution >= 0.6 is 15.9 Å². The van der Waals surface area contributed by atoms with Crippen LogP contribution in [0.25, 0.3) is 16.9 Å². The molecule has 1 fully saturated rings. The maximum atomic E-state index is 12.9. The molecular weight excluding hydrogens is 542 g/mol. The van der Waals surface area contributed by atoms with E-state index in [4.69, 9.17) is 14.5 Å². The van der Waals surface area contributed by atoms with Gasteiger partial charge in [-0.1, -0.05) is 44.7 Å². The Morgan fingerprint density at radius 3 is 2.58 bits per heavy atom. The first kappa shape index (κ1) is 26.3. The molecule has 0 bridgehead atoms. The molecule has 1 aliphatic rings. The van der Waals surface area contributed by atoms with Crippen molar-refractivity contribution in [2.75, 3.05) is 12.4 Å². The van der Waals surface area contributed by atoms with E-state index in [-0.39, 0.29) is 0 Å². The van der Waals surface area contributed by atoms with E-state index in [1.54, 1.807) is 13.2 Å². The van der Waals surface area contributed by atoms with Crippen molar-refractivity contribution in [3.8, 4) is 22.8 Å². The number of hydrogen-bond donors (Lipinski definition) is 1. The van der Waals surface area contributed by atoms with Crippen molar-refractivity contribution in [2.24, 2.45) is 0 Å². The van der Waals surface area contributed by atoms with E-state index in [2.05, 4.69) is 32.6 Å². The lowest BCUT2D eigenvalue weighted by atomic mass is 9.95. The molecule has 38 heavy (non-hydrogen) atoms. The highest BCUT2D eigenvalue weighted by Crippen LogP contribution is 2.37. The highest BCUT2D eigenvalue weighted by Gasteiger charge is 2.21. The van der Waals surface area contributed by atoms with Crippen LogP contribution in [0.2, 0.25) is 0 Å². The molecule has 1 aliphatic carbocycles. The number of nitrogens with one attached hydrogen (secondary N) is 1. The number of aryl methyl sites for hydroxylation is 1. The monoisotopic (exact) mass is 575 g/mol. The van der Waals surface area contributed by atoms with E-state index >= 15 is 0 Å². The van der Waals surface area contributed by atoms with Gasteiger partial charge in [-0.05, 0) is 89.6 Å². The maximum Gasteiger partial charge on any atom is 0.343 e. The fourth-order valence-corrected chi connectivity index (χ4v) is 5.38. The topological polar surface area (TPSA) is 64.9 Å². The van der Waals surface area contributed by atoms with Crippen molar-refractivity contribution in [1.29, 1.82) is 0 Å². The van der Waals surface area contributed by atoms with Crippen LogP contribution in [0.4, 0.5) is 5.82 Å². The smallest absolute Gasteiger partial charge is 0.343 e. The second kappa shape index (κ2) is 12.0. The van der Waals surface area contributed by atoms with Crippen LogP contribution < -0.4 is 14.8 Å². The maximum absolute atomic E-state index is 12.9. The second-order valence-electron chi connectivity index (χ2n) is 9.92. The van der Waals surface area contributed by atoms with Crippen LogP contribution in [0.1, 0.15) is 67.8 Å². The first-order valence-electron chi connectivity index (χ1n) is 13.5. The molecule has 198 valence electrons. The molecule has 1 saturated carbocycles. The minimum atomic E-state index is -0.407. The van der Waals surface area contributed by atoms with Crippen LogP contribution in [-0.4, -0.2) is 28.5 Å². The number of ether oxygens (including phenoxy) is 2. The van der Waals surface area contributed by atoms with Gasteiger partial charge in [-0.25, -0.2) is 9.78 Å². The summed E-state index contributed by atoms with van der Waals surface area (Å²) in [6.45, 7) is 2.17. The van der Waals surface area contributed by atoms with Gasteiger partial charge in [-0.2, -0.15) is 0 Å². The van der Waals surface area contributed by atoms with Crippen molar-refractivity contribution in [3.05, 3.63) is 76.4 Å². The predicted octanol–water partition coefficient (Wildman–Crippen LogP) is 8.08. The van der Waals surface area contributed by atoms with Crippen LogP contribution in [0.15, 0.2) is 65.3 Å². The molecule has 0 saturated heterocycles. The fraction of sp³-hybridized carbons (Fsp3) is 0.355. The number of aromatic nitrogens is 2. The number of unbranched alkanes of at least 4 members (excludes halogenated alkanes) is 1. The molecule has 5 rings (SSSR count). The molecule has 2 heterocycles. The van der Waals surface area contributed by atoms with E-state index in [1.165, 1.54) is 24.8 Å². The summed E-state index contributed by atoms with van der Waals surface area (Å²) in [5.41, 5.74) is 4.33. The molecule has 1 N–H and O–H groups in total. The van der Waals surface area contributed by atoms with Crippen molar-refractivity contribution in [1.82, 2.24) is 9.38 Å². The number of carbonyl (C=O) groups excluding carboxylic acids is 1. The quantitative estimate of drug-likeness (QED) is 0.161. The molecule has 6 nitrogen and oxygen atoms in total. The summed E-state index contributed by atoms with van der Waals surface area (Å²) in [7, 11) is 1.58. The summed E-state index contributed by atoms with van der Waals surface area (Å²) in [6, 6.07) is 17.7. The van der Waals surface area contributed by atoms with Gasteiger partial charge in [0.1, 0.15) is 17.2 Å². The third-order valence-corrected chi connectivity index (χ3v) is 7.65. The molecule has 2 aromatic heterocycles. The molecule has 4 aromatic rings. The number of benzene rings is 2. The SMILES string of the molecule is CCCCc1ccc(C(=O)Oc2ccc(-c3nc4ccc(Br)cn4c3NC3CCCCC3)cc2OC)cc1. The first-order chi connectivity index (χ1) is 18.6. The Bertz CT molecular complexity index is 1410. The number of anilines is 1. The minimum absolute atomic E-state index is 0.379. The lowest BCUT2D eigenvalue weighted by molar-refractivity contribution is 0.0729. The number of nitrogens with zero attached hydrogens (tertiary/aromatic N) is 2. The van der Waals surface area contributed by atoms with Gasteiger partial charge in [0.2, 0.25) is 0 Å². The van der Waals surface area contributed by atoms with Gasteiger partial charge in [0.05, 0.1) is 12.7 Å². The largest absolute Gasteiger partial charge is 0.493 e. The molecule has 2 aromatic carbocycles. The van der Waals surface area contributed by atoms with Crippen molar-refractivity contribution >= 4 is 33.4 Å². The van der Waals surface area contributed by atoms with Crippen molar-refractivity contribution in [2.45, 2.75) is 64.3 Å². The fourth-order valence-electron chi connectivity index (χ4n) is 5.04. The first-order valence-corrected chi connectivity index (χ1v) is 14.3. The molecule has 0 radical (unpaired) electrons. The van der Waals surface area contributed by atoms with Gasteiger partial charge in [-0.15, -0.1) is 0 Å². The molecular formula is C31H34BrN3O3. The zero-order chi connectivity index (χ0) is 26.5. The summed E-state index contributed by atoms with van der Waals surface area (Å²) in [5.74, 6) is 1.42. The van der Waals surface area contributed by atoms with Gasteiger partial charge < -0.3 is 14.8 Å². The number of rotatable bonds is 9. The van der Waals surface area contributed by atoms with E-state index < -0.39 is 5.97 Å². The zero-order valence-electron chi connectivity index (χ0n) is 22.0. The summed E-state index contributed by atoms with van der Waals surface area (Å²) in [5, 5.41) is 3.77. The van der Waals surface area contributed by atoms with Gasteiger partial charge in [0.15, 0.2) is 11.5 Å². The van der Waals surface area contributed by atoms with Gasteiger partial charge in [-0.3, -0.25) is 4.40 Å². The number of esters is 1. The number of fused-ring (bicyclic) bond motifs is 1. The Labute approximate surface area is 232 Å². The third kappa shape index (κ3) is 5.88. The molecule has 0 amide bonds. The van der Waals surface area contributed by atoms with E-state index in [0.29, 0.717) is 23.1 Å². The van der Waals surface area contributed by atoms with Crippen LogP contribution in [0, 0.1) is 0 Å². The Hall–Kier alpha value is -3.32. The average Bonchev–Trinajstić information content (AvgIpc) is 3.30. The number of hydrogen-bond acceptors (Lipinski definition) is 5. The summed E-state index contributed by atoms with van der Waals surface area (Å²) in [4.78, 5) is 17.8. The third-order valence-electron chi connectivity index (χ3n) is 7.18. The number of halogens is 1. The molecule has 0 spiro atoms. The summed E-state index contributed by atoms with van der Waals surface area (Å²) < 4.78 is 14.5. The number of pyridine rings is 1. The normalized spacial score (nSPS) is 14.0. The van der Waals surface area contributed by atoms with Gasteiger partial charge in [0, 0.05) is 22.3 Å². The Kier molecular flexibility index (Phi) is 8.32.